The summed E-state index contributed by atoms with van der Waals surface area (Å²) in [6.07, 6.45) is 1.66. The van der Waals surface area contributed by atoms with Crippen molar-refractivity contribution >= 4 is 22.5 Å². The Bertz CT molecular complexity index is 978. The number of aromatic nitrogens is 1. The Balaban J connectivity index is 2.03. The fraction of sp³-hybridized carbons (Fsp3) is 0.273. The van der Waals surface area contributed by atoms with Crippen LogP contribution in [-0.2, 0) is 0 Å². The number of benzene rings is 2. The first kappa shape index (κ1) is 19.6. The molecule has 1 unspecified atom stereocenters. The lowest BCUT2D eigenvalue weighted by atomic mass is 9.89. The number of nitrogens with one attached hydrogen (secondary N) is 1. The number of carbonyl (C=O) groups excluding carboxylic acids is 1. The second kappa shape index (κ2) is 7.86. The van der Waals surface area contributed by atoms with E-state index in [1.807, 2.05) is 57.2 Å². The first-order chi connectivity index (χ1) is 13.3. The molecule has 28 heavy (non-hydrogen) atoms. The van der Waals surface area contributed by atoms with E-state index in [1.165, 1.54) is 0 Å². The van der Waals surface area contributed by atoms with Gasteiger partial charge in [0.25, 0.3) is 5.91 Å². The molecule has 0 aliphatic carbocycles. The summed E-state index contributed by atoms with van der Waals surface area (Å²) in [7, 11) is 0. The van der Waals surface area contributed by atoms with E-state index in [9.17, 15) is 4.79 Å². The maximum absolute atomic E-state index is 11.7. The molecule has 0 fully saturated rings. The fourth-order valence-corrected chi connectivity index (χ4v) is 3.28. The minimum atomic E-state index is -0.552. The zero-order valence-electron chi connectivity index (χ0n) is 16.4. The van der Waals surface area contributed by atoms with E-state index in [0.717, 1.165) is 22.4 Å². The van der Waals surface area contributed by atoms with Crippen LogP contribution in [0.1, 0.15) is 42.7 Å². The van der Waals surface area contributed by atoms with E-state index in [0.29, 0.717) is 17.7 Å². The van der Waals surface area contributed by atoms with Crippen molar-refractivity contribution in [2.24, 2.45) is 11.5 Å². The van der Waals surface area contributed by atoms with Crippen LogP contribution in [0.5, 0.6) is 5.75 Å². The van der Waals surface area contributed by atoms with Crippen molar-refractivity contribution in [2.45, 2.75) is 32.4 Å². The molecular formula is C22H26N4O2. The molecule has 3 rings (SSSR count). The molecule has 1 aromatic heterocycles. The summed E-state index contributed by atoms with van der Waals surface area (Å²) in [5.74, 6) is 0.317. The summed E-state index contributed by atoms with van der Waals surface area (Å²) in [5, 5.41) is 4.36. The lowest BCUT2D eigenvalue weighted by molar-refractivity contribution is 0.100. The number of para-hydroxylation sites is 1. The number of anilines is 1. The highest BCUT2D eigenvalue weighted by atomic mass is 16.5. The largest absolute Gasteiger partial charge is 0.494 e. The van der Waals surface area contributed by atoms with Gasteiger partial charge >= 0.3 is 0 Å². The standard InChI is InChI=1S/C22H26N4O2/c1-4-28-15-10-8-14(9-11-15)20(22(2,3)24)26-18-12-13-25-19-16(18)6-5-7-17(19)21(23)27/h5-13,20H,4,24H2,1-3H3,(H2,23,27)(H,25,26). The molecule has 0 spiro atoms. The Morgan fingerprint density at radius 3 is 2.50 bits per heavy atom. The van der Waals surface area contributed by atoms with Crippen molar-refractivity contribution in [2.75, 3.05) is 11.9 Å². The second-order valence-electron chi connectivity index (χ2n) is 7.33. The molecule has 1 amide bonds. The first-order valence-electron chi connectivity index (χ1n) is 9.27. The van der Waals surface area contributed by atoms with Crippen molar-refractivity contribution < 1.29 is 9.53 Å². The van der Waals surface area contributed by atoms with Gasteiger partial charge in [0.05, 0.1) is 23.7 Å². The second-order valence-corrected chi connectivity index (χ2v) is 7.33. The quantitative estimate of drug-likeness (QED) is 0.582. The summed E-state index contributed by atoms with van der Waals surface area (Å²) in [4.78, 5) is 16.1. The molecular weight excluding hydrogens is 352 g/mol. The van der Waals surface area contributed by atoms with Crippen LogP contribution < -0.4 is 21.5 Å². The third-order valence-corrected chi connectivity index (χ3v) is 4.60. The van der Waals surface area contributed by atoms with Crippen molar-refractivity contribution in [1.82, 2.24) is 4.98 Å². The number of fused-ring (bicyclic) bond motifs is 1. The predicted molar refractivity (Wildman–Crippen MR) is 113 cm³/mol. The van der Waals surface area contributed by atoms with Crippen molar-refractivity contribution in [3.63, 3.8) is 0 Å². The van der Waals surface area contributed by atoms with E-state index < -0.39 is 11.4 Å². The number of nitrogens with two attached hydrogens (primary N) is 2. The highest BCUT2D eigenvalue weighted by Crippen LogP contribution is 2.32. The molecule has 0 saturated heterocycles. The summed E-state index contributed by atoms with van der Waals surface area (Å²) in [6, 6.07) is 15.0. The van der Waals surface area contributed by atoms with Crippen LogP contribution in [0.3, 0.4) is 0 Å². The molecule has 0 aliphatic heterocycles. The van der Waals surface area contributed by atoms with Crippen LogP contribution in [0, 0.1) is 0 Å². The van der Waals surface area contributed by atoms with E-state index >= 15 is 0 Å². The normalized spacial score (nSPS) is 12.6. The number of hydrogen-bond donors (Lipinski definition) is 3. The molecule has 0 saturated carbocycles. The van der Waals surface area contributed by atoms with Crippen molar-refractivity contribution in [3.05, 3.63) is 65.9 Å². The SMILES string of the molecule is CCOc1ccc(C(Nc2ccnc3c(C(N)=O)cccc23)C(C)(C)N)cc1. The van der Waals surface area contributed by atoms with Crippen LogP contribution in [0.4, 0.5) is 5.69 Å². The zero-order valence-corrected chi connectivity index (χ0v) is 16.4. The van der Waals surface area contributed by atoms with Crippen LogP contribution in [0.15, 0.2) is 54.7 Å². The molecule has 6 nitrogen and oxygen atoms in total. The molecule has 2 aromatic carbocycles. The number of rotatable bonds is 7. The smallest absolute Gasteiger partial charge is 0.250 e. The Kier molecular flexibility index (Phi) is 5.51. The fourth-order valence-electron chi connectivity index (χ4n) is 3.28. The molecule has 0 radical (unpaired) electrons. The van der Waals surface area contributed by atoms with Gasteiger partial charge in [0.1, 0.15) is 5.75 Å². The summed E-state index contributed by atoms with van der Waals surface area (Å²) in [6.45, 7) is 6.52. The molecule has 146 valence electrons. The number of ether oxygens (including phenoxy) is 1. The summed E-state index contributed by atoms with van der Waals surface area (Å²) >= 11 is 0. The van der Waals surface area contributed by atoms with E-state index in [4.69, 9.17) is 16.2 Å². The Morgan fingerprint density at radius 2 is 1.89 bits per heavy atom. The minimum Gasteiger partial charge on any atom is -0.494 e. The third-order valence-electron chi connectivity index (χ3n) is 4.60. The van der Waals surface area contributed by atoms with Crippen molar-refractivity contribution in [1.29, 1.82) is 0 Å². The number of nitrogens with zero attached hydrogens (tertiary/aromatic N) is 1. The van der Waals surface area contributed by atoms with Crippen molar-refractivity contribution in [3.8, 4) is 5.75 Å². The van der Waals surface area contributed by atoms with Gasteiger partial charge in [0.15, 0.2) is 0 Å². The molecule has 5 N–H and O–H groups in total. The average molecular weight is 378 g/mol. The van der Waals surface area contributed by atoms with Gasteiger partial charge in [0, 0.05) is 22.8 Å². The van der Waals surface area contributed by atoms with Gasteiger partial charge in [-0.25, -0.2) is 0 Å². The zero-order chi connectivity index (χ0) is 20.3. The lowest BCUT2D eigenvalue weighted by Gasteiger charge is -2.33. The van der Waals surface area contributed by atoms with Gasteiger partial charge < -0.3 is 21.5 Å². The number of pyridine rings is 1. The minimum absolute atomic E-state index is 0.175. The lowest BCUT2D eigenvalue weighted by Crippen LogP contribution is -2.43. The molecule has 1 heterocycles. The highest BCUT2D eigenvalue weighted by Gasteiger charge is 2.27. The van der Waals surface area contributed by atoms with Crippen LogP contribution in [0.25, 0.3) is 10.9 Å². The summed E-state index contributed by atoms with van der Waals surface area (Å²) in [5.41, 5.74) is 14.3. The molecule has 3 aromatic rings. The molecule has 0 aliphatic rings. The van der Waals surface area contributed by atoms with E-state index in [-0.39, 0.29) is 6.04 Å². The number of primary amides is 1. The summed E-state index contributed by atoms with van der Waals surface area (Å²) < 4.78 is 5.53. The average Bonchev–Trinajstić information content (AvgIpc) is 2.65. The van der Waals surface area contributed by atoms with Crippen LogP contribution >= 0.6 is 0 Å². The van der Waals surface area contributed by atoms with Gasteiger partial charge in [-0.15, -0.1) is 0 Å². The highest BCUT2D eigenvalue weighted by molar-refractivity contribution is 6.07. The Hall–Kier alpha value is -3.12. The number of hydrogen-bond acceptors (Lipinski definition) is 5. The Labute approximate surface area is 164 Å². The van der Waals surface area contributed by atoms with Gasteiger partial charge in [-0.1, -0.05) is 24.3 Å². The topological polar surface area (TPSA) is 103 Å². The van der Waals surface area contributed by atoms with Gasteiger partial charge in [-0.2, -0.15) is 0 Å². The predicted octanol–water partition coefficient (Wildman–Crippen LogP) is 3.62. The van der Waals surface area contributed by atoms with Crippen LogP contribution in [0.2, 0.25) is 0 Å². The maximum Gasteiger partial charge on any atom is 0.250 e. The van der Waals surface area contributed by atoms with Gasteiger partial charge in [-0.3, -0.25) is 9.78 Å². The number of amides is 1. The Morgan fingerprint density at radius 1 is 1.18 bits per heavy atom. The van der Waals surface area contributed by atoms with Crippen LogP contribution in [-0.4, -0.2) is 23.0 Å². The van der Waals surface area contributed by atoms with Gasteiger partial charge in [-0.05, 0) is 50.6 Å². The third kappa shape index (κ3) is 4.07. The first-order valence-corrected chi connectivity index (χ1v) is 9.27. The van der Waals surface area contributed by atoms with Gasteiger partial charge in [0.2, 0.25) is 0 Å². The molecule has 6 heteroatoms. The molecule has 1 atom stereocenters. The maximum atomic E-state index is 11.7. The van der Waals surface area contributed by atoms with E-state index in [1.54, 1.807) is 18.3 Å². The molecule has 0 bridgehead atoms. The number of carbonyl (C=O) groups is 1. The monoisotopic (exact) mass is 378 g/mol. The van der Waals surface area contributed by atoms with E-state index in [2.05, 4.69) is 10.3 Å².